The molecule has 2 bridgehead atoms. The average Bonchev–Trinajstić information content (AvgIpc) is 2.81. The van der Waals surface area contributed by atoms with Crippen LogP contribution in [0.1, 0.15) is 39.2 Å². The Hall–Kier alpha value is -1.64. The first-order valence-electron chi connectivity index (χ1n) is 8.26. The summed E-state index contributed by atoms with van der Waals surface area (Å²) in [7, 11) is 0. The summed E-state index contributed by atoms with van der Waals surface area (Å²) in [6.07, 6.45) is 2.87. The zero-order valence-electron chi connectivity index (χ0n) is 13.5. The van der Waals surface area contributed by atoms with Gasteiger partial charge in [-0.3, -0.25) is 4.99 Å². The molecule has 0 unspecified atom stereocenters. The molecule has 3 aliphatic rings. The summed E-state index contributed by atoms with van der Waals surface area (Å²) in [4.78, 5) is 17.3. The van der Waals surface area contributed by atoms with Crippen LogP contribution in [0.3, 0.4) is 0 Å². The van der Waals surface area contributed by atoms with E-state index < -0.39 is 0 Å². The maximum atomic E-state index is 12.4. The number of nitrogens with zero attached hydrogens (tertiary/aromatic N) is 1. The Kier molecular flexibility index (Phi) is 2.82. The van der Waals surface area contributed by atoms with E-state index in [-0.39, 0.29) is 28.9 Å². The molecule has 116 valence electrons. The molecular weight excluding hydrogens is 274 g/mol. The lowest BCUT2D eigenvalue weighted by atomic mass is 9.70. The van der Waals surface area contributed by atoms with Crippen LogP contribution in [0.5, 0.6) is 0 Å². The number of carbonyl (C=O) groups is 1. The van der Waals surface area contributed by atoms with Crippen molar-refractivity contribution in [1.29, 1.82) is 0 Å². The number of fused-ring (bicyclic) bond motifs is 5. The van der Waals surface area contributed by atoms with Crippen molar-refractivity contribution in [2.75, 3.05) is 0 Å². The fourth-order valence-corrected chi connectivity index (χ4v) is 4.77. The maximum Gasteiger partial charge on any atom is 0.331 e. The third kappa shape index (κ3) is 1.68. The summed E-state index contributed by atoms with van der Waals surface area (Å²) in [5, 5.41) is 0. The molecule has 0 radical (unpaired) electrons. The van der Waals surface area contributed by atoms with Gasteiger partial charge >= 0.3 is 5.97 Å². The van der Waals surface area contributed by atoms with Crippen LogP contribution in [-0.4, -0.2) is 23.8 Å². The van der Waals surface area contributed by atoms with E-state index in [9.17, 15) is 4.79 Å². The van der Waals surface area contributed by atoms with Crippen LogP contribution >= 0.6 is 0 Å². The van der Waals surface area contributed by atoms with Crippen LogP contribution in [0.25, 0.3) is 0 Å². The fraction of sp³-hybridized carbons (Fsp3) is 0.579. The average molecular weight is 297 g/mol. The van der Waals surface area contributed by atoms with Crippen molar-refractivity contribution in [3.05, 3.63) is 35.9 Å². The highest BCUT2D eigenvalue weighted by Gasteiger charge is 2.67. The van der Waals surface area contributed by atoms with Gasteiger partial charge in [0.25, 0.3) is 0 Å². The van der Waals surface area contributed by atoms with E-state index in [0.29, 0.717) is 12.3 Å². The van der Waals surface area contributed by atoms with Gasteiger partial charge in [-0.25, -0.2) is 4.79 Å². The number of carbonyl (C=O) groups excluding carboxylic acids is 1. The van der Waals surface area contributed by atoms with Crippen LogP contribution in [0.15, 0.2) is 35.3 Å². The van der Waals surface area contributed by atoms with E-state index in [4.69, 9.17) is 9.73 Å². The molecule has 0 saturated heterocycles. The first kappa shape index (κ1) is 14.0. The van der Waals surface area contributed by atoms with E-state index in [0.717, 1.165) is 24.1 Å². The molecule has 0 aromatic heterocycles. The first-order chi connectivity index (χ1) is 10.4. The predicted molar refractivity (Wildman–Crippen MR) is 85.9 cm³/mol. The van der Waals surface area contributed by atoms with Crippen LogP contribution in [0.4, 0.5) is 0 Å². The predicted octanol–water partition coefficient (Wildman–Crippen LogP) is 3.42. The van der Waals surface area contributed by atoms with Crippen molar-refractivity contribution in [3.63, 3.8) is 0 Å². The van der Waals surface area contributed by atoms with E-state index in [1.807, 2.05) is 30.3 Å². The van der Waals surface area contributed by atoms with Gasteiger partial charge in [-0.15, -0.1) is 0 Å². The molecule has 2 saturated carbocycles. The van der Waals surface area contributed by atoms with Crippen LogP contribution in [-0.2, 0) is 16.0 Å². The summed E-state index contributed by atoms with van der Waals surface area (Å²) in [6.45, 7) is 6.93. The molecule has 22 heavy (non-hydrogen) atoms. The summed E-state index contributed by atoms with van der Waals surface area (Å²) in [5.74, 6) is 0.280. The van der Waals surface area contributed by atoms with Crippen LogP contribution in [0, 0.1) is 16.7 Å². The molecule has 1 aliphatic heterocycles. The number of ether oxygens (including phenoxy) is 1. The molecule has 2 fully saturated rings. The number of hydrogen-bond donors (Lipinski definition) is 0. The lowest BCUT2D eigenvalue weighted by Crippen LogP contribution is -2.45. The molecule has 4 rings (SSSR count). The number of rotatable bonds is 2. The standard InChI is InChI=1S/C19H23NO2/c1-18(2)13-9-10-19(18,3)16-15(13)22-17(21)14(20-16)11-12-7-5-4-6-8-12/h4-8,13-15H,9-11H2,1-3H3/t13-,14-,15-,19+/m1/s1. The van der Waals surface area contributed by atoms with E-state index in [1.54, 1.807) is 0 Å². The molecule has 1 heterocycles. The van der Waals surface area contributed by atoms with Gasteiger partial charge in [0.15, 0.2) is 6.04 Å². The SMILES string of the molecule is CC1(C)[C@@H]2CC[C@@]1(C)C1=N[C@H](Cc3ccccc3)C(=O)O[C@@H]12. The van der Waals surface area contributed by atoms with E-state index in [1.165, 1.54) is 0 Å². The lowest BCUT2D eigenvalue weighted by Gasteiger charge is -2.36. The minimum absolute atomic E-state index is 0.0757. The number of aliphatic imine (C=N–C) groups is 1. The smallest absolute Gasteiger partial charge is 0.331 e. The van der Waals surface area contributed by atoms with Gasteiger partial charge in [0.1, 0.15) is 6.10 Å². The third-order valence-corrected chi connectivity index (χ3v) is 6.59. The van der Waals surface area contributed by atoms with Gasteiger partial charge < -0.3 is 4.74 Å². The second kappa shape index (κ2) is 4.43. The molecule has 2 aliphatic carbocycles. The maximum absolute atomic E-state index is 12.4. The topological polar surface area (TPSA) is 38.7 Å². The van der Waals surface area contributed by atoms with Crippen LogP contribution in [0.2, 0.25) is 0 Å². The van der Waals surface area contributed by atoms with E-state index >= 15 is 0 Å². The Morgan fingerprint density at radius 1 is 1.23 bits per heavy atom. The fourth-order valence-electron chi connectivity index (χ4n) is 4.77. The van der Waals surface area contributed by atoms with Gasteiger partial charge in [0, 0.05) is 17.8 Å². The quantitative estimate of drug-likeness (QED) is 0.785. The van der Waals surface area contributed by atoms with Gasteiger partial charge in [-0.1, -0.05) is 51.1 Å². The highest BCUT2D eigenvalue weighted by molar-refractivity contribution is 6.03. The minimum Gasteiger partial charge on any atom is -0.454 e. The highest BCUT2D eigenvalue weighted by atomic mass is 16.5. The van der Waals surface area contributed by atoms with Gasteiger partial charge in [-0.05, 0) is 23.8 Å². The summed E-state index contributed by atoms with van der Waals surface area (Å²) >= 11 is 0. The Bertz CT molecular complexity index is 649. The monoisotopic (exact) mass is 297 g/mol. The van der Waals surface area contributed by atoms with Crippen molar-refractivity contribution in [3.8, 4) is 0 Å². The largest absolute Gasteiger partial charge is 0.454 e. The molecule has 0 N–H and O–H groups in total. The second-order valence-electron chi connectivity index (χ2n) is 7.78. The molecule has 3 nitrogen and oxygen atoms in total. The van der Waals surface area contributed by atoms with Gasteiger partial charge in [0.05, 0.1) is 5.71 Å². The molecule has 0 spiro atoms. The highest BCUT2D eigenvalue weighted by Crippen LogP contribution is 2.65. The first-order valence-corrected chi connectivity index (χ1v) is 8.26. The van der Waals surface area contributed by atoms with Crippen molar-refractivity contribution in [2.45, 2.75) is 52.2 Å². The minimum atomic E-state index is -0.374. The second-order valence-corrected chi connectivity index (χ2v) is 7.78. The molecule has 1 aromatic carbocycles. The summed E-state index contributed by atoms with van der Waals surface area (Å²) in [6, 6.07) is 9.71. The summed E-state index contributed by atoms with van der Waals surface area (Å²) < 4.78 is 5.86. The van der Waals surface area contributed by atoms with Gasteiger partial charge in [0.2, 0.25) is 0 Å². The Labute approximate surface area is 131 Å². The third-order valence-electron chi connectivity index (χ3n) is 6.59. The normalized spacial score (nSPS) is 38.4. The number of benzene rings is 1. The molecule has 1 aromatic rings. The van der Waals surface area contributed by atoms with Crippen LogP contribution < -0.4 is 0 Å². The zero-order valence-corrected chi connectivity index (χ0v) is 13.5. The lowest BCUT2D eigenvalue weighted by molar-refractivity contribution is -0.151. The van der Waals surface area contributed by atoms with Crippen molar-refractivity contribution in [1.82, 2.24) is 0 Å². The number of esters is 1. The Morgan fingerprint density at radius 3 is 2.68 bits per heavy atom. The Balaban J connectivity index is 1.69. The zero-order chi connectivity index (χ0) is 15.5. The number of hydrogen-bond acceptors (Lipinski definition) is 3. The van der Waals surface area contributed by atoms with Crippen molar-refractivity contribution in [2.24, 2.45) is 21.7 Å². The molecule has 4 atom stereocenters. The van der Waals surface area contributed by atoms with E-state index in [2.05, 4.69) is 20.8 Å². The van der Waals surface area contributed by atoms with Crippen molar-refractivity contribution < 1.29 is 9.53 Å². The molecule has 3 heteroatoms. The summed E-state index contributed by atoms with van der Waals surface area (Å²) in [5.41, 5.74) is 2.53. The Morgan fingerprint density at radius 2 is 1.95 bits per heavy atom. The molecular formula is C19H23NO2. The van der Waals surface area contributed by atoms with Crippen molar-refractivity contribution >= 4 is 11.7 Å². The molecule has 0 amide bonds. The van der Waals surface area contributed by atoms with Gasteiger partial charge in [-0.2, -0.15) is 0 Å².